The molecule has 0 amide bonds. The largest absolute Gasteiger partial charge is 0.481 e. The summed E-state index contributed by atoms with van der Waals surface area (Å²) in [5, 5.41) is 9.20. The summed E-state index contributed by atoms with van der Waals surface area (Å²) in [6.07, 6.45) is 0.882. The van der Waals surface area contributed by atoms with E-state index in [-0.39, 0.29) is 5.82 Å². The van der Waals surface area contributed by atoms with Crippen LogP contribution in [0.4, 0.5) is 4.39 Å². The number of halogens is 2. The van der Waals surface area contributed by atoms with E-state index in [0.717, 1.165) is 39.5 Å². The van der Waals surface area contributed by atoms with E-state index < -0.39 is 5.92 Å². The van der Waals surface area contributed by atoms with Gasteiger partial charge in [-0.25, -0.2) is 9.37 Å². The predicted molar refractivity (Wildman–Crippen MR) is 165 cm³/mol. The minimum Gasteiger partial charge on any atom is -0.481 e. The number of pyridine rings is 2. The molecule has 4 rings (SSSR count). The second-order valence-electron chi connectivity index (χ2n) is 9.66. The third kappa shape index (κ3) is 8.61. The number of hydrogen-bond donors (Lipinski definition) is 1. The van der Waals surface area contributed by atoms with Gasteiger partial charge in [-0.15, -0.1) is 0 Å². The van der Waals surface area contributed by atoms with Crippen molar-refractivity contribution in [1.29, 1.82) is 0 Å². The molecule has 41 heavy (non-hydrogen) atoms. The Morgan fingerprint density at radius 1 is 0.951 bits per heavy atom. The first-order valence-corrected chi connectivity index (χ1v) is 14.4. The van der Waals surface area contributed by atoms with Crippen LogP contribution in [0.1, 0.15) is 48.4 Å². The standard InChI is InChI=1S/C27H26BrFN2O3.C5H13NO/c1-5-33-23-14-18(15-24(31-23)34-6-2)25(20-9-7-8-16(3)26(20)29)21-13-17-12-19(28)10-11-22(17)30-27(21)32-4;1-6(2)4-3-5-7/h7-15,25H,5-6H2,1-4H3;7H,3-5H2,1-2H3. The zero-order chi connectivity index (χ0) is 29.9. The first kappa shape index (κ1) is 32.2. The van der Waals surface area contributed by atoms with Gasteiger partial charge >= 0.3 is 0 Å². The molecule has 0 saturated carbocycles. The maximum atomic E-state index is 15.6. The number of nitrogens with zero attached hydrogens (tertiary/aromatic N) is 3. The molecule has 9 heteroatoms. The Labute approximate surface area is 250 Å². The van der Waals surface area contributed by atoms with Crippen molar-refractivity contribution in [3.8, 4) is 17.6 Å². The SMILES string of the molecule is CCOc1cc(C(c2cc3cc(Br)ccc3nc2OC)c2cccc(C)c2F)cc(OCC)n1.CN(C)CCCO. The quantitative estimate of drug-likeness (QED) is 0.197. The van der Waals surface area contributed by atoms with Gasteiger partial charge in [0.25, 0.3) is 0 Å². The summed E-state index contributed by atoms with van der Waals surface area (Å²) in [5.74, 6) is 0.436. The summed E-state index contributed by atoms with van der Waals surface area (Å²) in [6, 6.07) is 16.9. The number of aryl methyl sites for hydroxylation is 1. The first-order chi connectivity index (χ1) is 19.7. The van der Waals surface area contributed by atoms with Gasteiger partial charge in [-0.2, -0.15) is 4.98 Å². The van der Waals surface area contributed by atoms with E-state index in [9.17, 15) is 0 Å². The van der Waals surface area contributed by atoms with E-state index in [1.54, 1.807) is 26.2 Å². The van der Waals surface area contributed by atoms with Crippen molar-refractivity contribution in [2.24, 2.45) is 0 Å². The van der Waals surface area contributed by atoms with Crippen LogP contribution in [0, 0.1) is 12.7 Å². The van der Waals surface area contributed by atoms with Crippen LogP contribution < -0.4 is 14.2 Å². The monoisotopic (exact) mass is 627 g/mol. The molecular weight excluding hydrogens is 589 g/mol. The molecule has 2 aromatic heterocycles. The van der Waals surface area contributed by atoms with Crippen LogP contribution in [0.25, 0.3) is 10.9 Å². The number of aliphatic hydroxyl groups is 1. The average molecular weight is 629 g/mol. The molecule has 0 radical (unpaired) electrons. The summed E-state index contributed by atoms with van der Waals surface area (Å²) in [5.41, 5.74) is 3.34. The first-order valence-electron chi connectivity index (χ1n) is 13.6. The van der Waals surface area contributed by atoms with E-state index in [1.165, 1.54) is 0 Å². The van der Waals surface area contributed by atoms with Gasteiger partial charge in [-0.05, 0) is 83.2 Å². The molecule has 220 valence electrons. The number of methoxy groups -OCH3 is 1. The molecule has 0 fully saturated rings. The molecule has 2 aromatic carbocycles. The number of hydrogen-bond acceptors (Lipinski definition) is 7. The summed E-state index contributed by atoms with van der Waals surface area (Å²) in [4.78, 5) is 11.2. The molecule has 1 N–H and O–H groups in total. The lowest BCUT2D eigenvalue weighted by atomic mass is 9.84. The Hall–Kier alpha value is -3.27. The summed E-state index contributed by atoms with van der Waals surface area (Å²) in [6.45, 7) is 7.71. The number of benzene rings is 2. The number of ether oxygens (including phenoxy) is 3. The van der Waals surface area contributed by atoms with Gasteiger partial charge < -0.3 is 24.2 Å². The smallest absolute Gasteiger partial charge is 0.217 e. The predicted octanol–water partition coefficient (Wildman–Crippen LogP) is 6.76. The van der Waals surface area contributed by atoms with Crippen molar-refractivity contribution < 1.29 is 23.7 Å². The van der Waals surface area contributed by atoms with E-state index in [1.807, 2.05) is 70.4 Å². The maximum absolute atomic E-state index is 15.6. The summed E-state index contributed by atoms with van der Waals surface area (Å²) in [7, 11) is 5.56. The highest BCUT2D eigenvalue weighted by Crippen LogP contribution is 2.41. The second-order valence-corrected chi connectivity index (χ2v) is 10.6. The summed E-state index contributed by atoms with van der Waals surface area (Å²) < 4.78 is 33.7. The van der Waals surface area contributed by atoms with Crippen molar-refractivity contribution in [3.63, 3.8) is 0 Å². The van der Waals surface area contributed by atoms with Crippen molar-refractivity contribution >= 4 is 26.8 Å². The number of aliphatic hydroxyl groups excluding tert-OH is 1. The number of aromatic nitrogens is 2. The fourth-order valence-corrected chi connectivity index (χ4v) is 4.81. The lowest BCUT2D eigenvalue weighted by Crippen LogP contribution is -2.13. The lowest BCUT2D eigenvalue weighted by molar-refractivity contribution is 0.263. The van der Waals surface area contributed by atoms with Crippen LogP contribution in [0.3, 0.4) is 0 Å². The van der Waals surface area contributed by atoms with E-state index in [2.05, 4.69) is 25.8 Å². The van der Waals surface area contributed by atoms with Crippen molar-refractivity contribution in [1.82, 2.24) is 14.9 Å². The van der Waals surface area contributed by atoms with Gasteiger partial charge in [0, 0.05) is 45.6 Å². The number of fused-ring (bicyclic) bond motifs is 1. The highest BCUT2D eigenvalue weighted by Gasteiger charge is 2.27. The Balaban J connectivity index is 0.000000587. The summed E-state index contributed by atoms with van der Waals surface area (Å²) >= 11 is 3.53. The number of rotatable bonds is 11. The van der Waals surface area contributed by atoms with Crippen LogP contribution >= 0.6 is 15.9 Å². The highest BCUT2D eigenvalue weighted by molar-refractivity contribution is 9.10. The molecule has 1 unspecified atom stereocenters. The molecule has 0 spiro atoms. The van der Waals surface area contributed by atoms with Crippen molar-refractivity contribution in [3.05, 3.63) is 87.1 Å². The van der Waals surface area contributed by atoms with Gasteiger partial charge in [0.2, 0.25) is 17.6 Å². The molecule has 0 saturated heterocycles. The average Bonchev–Trinajstić information content (AvgIpc) is 2.94. The molecule has 0 bridgehead atoms. The third-order valence-electron chi connectivity index (χ3n) is 6.29. The van der Waals surface area contributed by atoms with Crippen LogP contribution in [-0.2, 0) is 0 Å². The topological polar surface area (TPSA) is 76.9 Å². The molecular formula is C32H39BrFN3O4. The minimum atomic E-state index is -0.535. The minimum absolute atomic E-state index is 0.281. The fraction of sp³-hybridized carbons (Fsp3) is 0.375. The Bertz CT molecular complexity index is 1410. The van der Waals surface area contributed by atoms with Gasteiger partial charge in [-0.3, -0.25) is 0 Å². The van der Waals surface area contributed by atoms with Gasteiger partial charge in [-0.1, -0.05) is 34.1 Å². The Morgan fingerprint density at radius 2 is 1.63 bits per heavy atom. The maximum Gasteiger partial charge on any atom is 0.217 e. The van der Waals surface area contributed by atoms with Crippen LogP contribution in [0.5, 0.6) is 17.6 Å². The van der Waals surface area contributed by atoms with Gasteiger partial charge in [0.15, 0.2) is 0 Å². The van der Waals surface area contributed by atoms with Crippen molar-refractivity contribution in [2.75, 3.05) is 47.6 Å². The molecule has 0 aliphatic heterocycles. The second kappa shape index (κ2) is 15.7. The van der Waals surface area contributed by atoms with Gasteiger partial charge in [0.05, 0.1) is 25.8 Å². The van der Waals surface area contributed by atoms with Crippen LogP contribution in [-0.4, -0.2) is 67.5 Å². The highest BCUT2D eigenvalue weighted by atomic mass is 79.9. The Kier molecular flexibility index (Phi) is 12.3. The zero-order valence-electron chi connectivity index (χ0n) is 24.6. The van der Waals surface area contributed by atoms with E-state index in [0.29, 0.717) is 48.6 Å². The fourth-order valence-electron chi connectivity index (χ4n) is 4.43. The molecule has 0 aliphatic carbocycles. The van der Waals surface area contributed by atoms with Crippen LogP contribution in [0.2, 0.25) is 0 Å². The molecule has 1 atom stereocenters. The normalized spacial score (nSPS) is 11.7. The van der Waals surface area contributed by atoms with E-state index in [4.69, 9.17) is 24.3 Å². The molecule has 7 nitrogen and oxygen atoms in total. The molecule has 2 heterocycles. The Morgan fingerprint density at radius 3 is 2.20 bits per heavy atom. The molecule has 0 aliphatic rings. The zero-order valence-corrected chi connectivity index (χ0v) is 26.2. The van der Waals surface area contributed by atoms with E-state index >= 15 is 4.39 Å². The third-order valence-corrected chi connectivity index (χ3v) is 6.78. The van der Waals surface area contributed by atoms with Crippen molar-refractivity contribution in [2.45, 2.75) is 33.1 Å². The van der Waals surface area contributed by atoms with Gasteiger partial charge in [0.1, 0.15) is 5.82 Å². The van der Waals surface area contributed by atoms with Crippen LogP contribution in [0.15, 0.2) is 59.1 Å². The lowest BCUT2D eigenvalue weighted by Gasteiger charge is -2.23. The molecule has 4 aromatic rings.